The minimum atomic E-state index is 0.501. The number of nitrogens with zero attached hydrogens (tertiary/aromatic N) is 2. The summed E-state index contributed by atoms with van der Waals surface area (Å²) in [5.41, 5.74) is 1.35. The van der Waals surface area contributed by atoms with E-state index in [2.05, 4.69) is 43.3 Å². The number of aromatic nitrogens is 2. The topological polar surface area (TPSA) is 17.8 Å². The summed E-state index contributed by atoms with van der Waals surface area (Å²) in [5, 5.41) is 0. The summed E-state index contributed by atoms with van der Waals surface area (Å²) in [6, 6.07) is 0. The maximum atomic E-state index is 4.33. The summed E-state index contributed by atoms with van der Waals surface area (Å²) in [5.74, 6) is 1.66. The predicted octanol–water partition coefficient (Wildman–Crippen LogP) is 2.97. The van der Waals surface area contributed by atoms with Crippen LogP contribution in [0.4, 0.5) is 0 Å². The van der Waals surface area contributed by atoms with Gasteiger partial charge in [-0.05, 0) is 13.8 Å². The van der Waals surface area contributed by atoms with Crippen LogP contribution in [0.25, 0.3) is 0 Å². The summed E-state index contributed by atoms with van der Waals surface area (Å²) in [6.07, 6.45) is 6.12. The molecule has 0 bridgehead atoms. The minimum absolute atomic E-state index is 0.501. The molecule has 0 saturated heterocycles. The molecule has 1 rings (SSSR count). The van der Waals surface area contributed by atoms with Crippen LogP contribution in [0.3, 0.4) is 0 Å². The van der Waals surface area contributed by atoms with E-state index in [0.717, 1.165) is 12.4 Å². The maximum Gasteiger partial charge on any atom is 0.111 e. The van der Waals surface area contributed by atoms with Crippen molar-refractivity contribution in [1.29, 1.82) is 0 Å². The zero-order chi connectivity index (χ0) is 9.84. The Kier molecular flexibility index (Phi) is 3.29. The van der Waals surface area contributed by atoms with Crippen molar-refractivity contribution in [2.75, 3.05) is 0 Å². The Bertz CT molecular complexity index is 291. The van der Waals surface area contributed by atoms with E-state index in [1.807, 2.05) is 12.4 Å². The molecule has 0 fully saturated rings. The van der Waals surface area contributed by atoms with E-state index in [0.29, 0.717) is 5.92 Å². The Hall–Kier alpha value is -1.05. The van der Waals surface area contributed by atoms with Crippen molar-refractivity contribution in [1.82, 2.24) is 9.55 Å². The highest BCUT2D eigenvalue weighted by molar-refractivity contribution is 5.01. The van der Waals surface area contributed by atoms with E-state index in [1.54, 1.807) is 0 Å². The first-order chi connectivity index (χ1) is 6.11. The Morgan fingerprint density at radius 2 is 2.23 bits per heavy atom. The molecule has 2 nitrogen and oxygen atoms in total. The lowest BCUT2D eigenvalue weighted by molar-refractivity contribution is 0.676. The quantitative estimate of drug-likeness (QED) is 0.651. The lowest BCUT2D eigenvalue weighted by Gasteiger charge is -2.07. The van der Waals surface area contributed by atoms with Gasteiger partial charge >= 0.3 is 0 Å². The molecule has 0 saturated carbocycles. The van der Waals surface area contributed by atoms with E-state index in [4.69, 9.17) is 0 Å². The van der Waals surface area contributed by atoms with Gasteiger partial charge in [-0.15, -0.1) is 0 Å². The summed E-state index contributed by atoms with van der Waals surface area (Å²) < 4.78 is 2.19. The van der Waals surface area contributed by atoms with Crippen molar-refractivity contribution in [2.45, 2.75) is 40.2 Å². The second-order valence-corrected chi connectivity index (χ2v) is 3.87. The molecule has 0 spiro atoms. The smallest absolute Gasteiger partial charge is 0.111 e. The van der Waals surface area contributed by atoms with Crippen molar-refractivity contribution >= 4 is 0 Å². The molecule has 72 valence electrons. The van der Waals surface area contributed by atoms with Crippen LogP contribution in [-0.2, 0) is 6.54 Å². The summed E-state index contributed by atoms with van der Waals surface area (Å²) in [6.45, 7) is 9.51. The number of imidazole rings is 1. The van der Waals surface area contributed by atoms with Gasteiger partial charge in [-0.2, -0.15) is 0 Å². The first-order valence-electron chi connectivity index (χ1n) is 4.75. The molecule has 13 heavy (non-hydrogen) atoms. The third-order valence-electron chi connectivity index (χ3n) is 1.96. The van der Waals surface area contributed by atoms with Gasteiger partial charge in [0.05, 0.1) is 0 Å². The molecule has 0 unspecified atom stereocenters. The van der Waals surface area contributed by atoms with E-state index in [-0.39, 0.29) is 0 Å². The third kappa shape index (κ3) is 2.72. The number of hydrogen-bond donors (Lipinski definition) is 0. The van der Waals surface area contributed by atoms with Crippen LogP contribution in [-0.4, -0.2) is 9.55 Å². The van der Waals surface area contributed by atoms with Crippen molar-refractivity contribution in [3.05, 3.63) is 29.9 Å². The molecule has 0 aliphatic heterocycles. The zero-order valence-corrected chi connectivity index (χ0v) is 8.91. The normalized spacial score (nSPS) is 10.5. The highest BCUT2D eigenvalue weighted by atomic mass is 15.1. The van der Waals surface area contributed by atoms with Crippen LogP contribution >= 0.6 is 0 Å². The molecular formula is C11H18N2. The molecule has 0 aliphatic rings. The monoisotopic (exact) mass is 178 g/mol. The van der Waals surface area contributed by atoms with E-state index in [9.17, 15) is 0 Å². The molecule has 0 aliphatic carbocycles. The molecule has 0 aromatic carbocycles. The highest BCUT2D eigenvalue weighted by Gasteiger charge is 2.04. The van der Waals surface area contributed by atoms with Gasteiger partial charge in [-0.3, -0.25) is 0 Å². The van der Waals surface area contributed by atoms with Crippen LogP contribution < -0.4 is 0 Å². The Morgan fingerprint density at radius 1 is 1.54 bits per heavy atom. The Balaban J connectivity index is 2.77. The van der Waals surface area contributed by atoms with Gasteiger partial charge in [0.1, 0.15) is 5.82 Å². The van der Waals surface area contributed by atoms with Gasteiger partial charge in [0.15, 0.2) is 0 Å². The molecule has 2 heteroatoms. The van der Waals surface area contributed by atoms with Crippen LogP contribution in [0.1, 0.15) is 39.4 Å². The fraction of sp³-hybridized carbons (Fsp3) is 0.545. The van der Waals surface area contributed by atoms with E-state index < -0.39 is 0 Å². The van der Waals surface area contributed by atoms with Crippen LogP contribution in [0.2, 0.25) is 0 Å². The van der Waals surface area contributed by atoms with Crippen LogP contribution in [0, 0.1) is 0 Å². The van der Waals surface area contributed by atoms with Crippen molar-refractivity contribution in [3.63, 3.8) is 0 Å². The maximum absolute atomic E-state index is 4.33. The van der Waals surface area contributed by atoms with Gasteiger partial charge in [0, 0.05) is 24.9 Å². The molecule has 0 atom stereocenters. The van der Waals surface area contributed by atoms with Crippen molar-refractivity contribution < 1.29 is 0 Å². The van der Waals surface area contributed by atoms with Gasteiger partial charge in [-0.1, -0.05) is 25.5 Å². The summed E-state index contributed by atoms with van der Waals surface area (Å²) in [7, 11) is 0. The van der Waals surface area contributed by atoms with Crippen LogP contribution in [0.5, 0.6) is 0 Å². The molecule has 0 N–H and O–H groups in total. The largest absolute Gasteiger partial charge is 0.331 e. The molecule has 0 radical (unpaired) electrons. The molecular weight excluding hydrogens is 160 g/mol. The van der Waals surface area contributed by atoms with Crippen molar-refractivity contribution in [3.8, 4) is 0 Å². The molecule has 1 aromatic heterocycles. The highest BCUT2D eigenvalue weighted by Crippen LogP contribution is 2.11. The second kappa shape index (κ2) is 4.26. The van der Waals surface area contributed by atoms with Gasteiger partial charge in [0.25, 0.3) is 0 Å². The average molecular weight is 178 g/mol. The molecule has 1 aromatic rings. The van der Waals surface area contributed by atoms with Crippen LogP contribution in [0.15, 0.2) is 24.0 Å². The number of allylic oxidation sites excluding steroid dienone is 2. The lowest BCUT2D eigenvalue weighted by Crippen LogP contribution is -2.03. The third-order valence-corrected chi connectivity index (χ3v) is 1.96. The van der Waals surface area contributed by atoms with Gasteiger partial charge < -0.3 is 4.57 Å². The standard InChI is InChI=1S/C11H18N2/c1-9(2)5-7-13-8-6-12-11(13)10(3)4/h5-6,8,10H,7H2,1-4H3. The number of hydrogen-bond acceptors (Lipinski definition) is 1. The van der Waals surface area contributed by atoms with Gasteiger partial charge in [0.2, 0.25) is 0 Å². The predicted molar refractivity (Wildman–Crippen MR) is 55.7 cm³/mol. The lowest BCUT2D eigenvalue weighted by atomic mass is 10.2. The molecule has 1 heterocycles. The fourth-order valence-electron chi connectivity index (χ4n) is 1.26. The fourth-order valence-corrected chi connectivity index (χ4v) is 1.26. The first-order valence-corrected chi connectivity index (χ1v) is 4.75. The van der Waals surface area contributed by atoms with E-state index >= 15 is 0 Å². The average Bonchev–Trinajstić information content (AvgIpc) is 2.47. The first kappa shape index (κ1) is 10.0. The molecule has 0 amide bonds. The number of rotatable bonds is 3. The van der Waals surface area contributed by atoms with Crippen molar-refractivity contribution in [2.24, 2.45) is 0 Å². The Morgan fingerprint density at radius 3 is 2.77 bits per heavy atom. The zero-order valence-electron chi connectivity index (χ0n) is 8.91. The Labute approximate surface area is 80.3 Å². The second-order valence-electron chi connectivity index (χ2n) is 3.87. The SMILES string of the molecule is CC(C)=CCn1ccnc1C(C)C. The van der Waals surface area contributed by atoms with Gasteiger partial charge in [-0.25, -0.2) is 4.98 Å². The minimum Gasteiger partial charge on any atom is -0.331 e. The van der Waals surface area contributed by atoms with E-state index in [1.165, 1.54) is 5.57 Å². The summed E-state index contributed by atoms with van der Waals surface area (Å²) >= 11 is 0. The summed E-state index contributed by atoms with van der Waals surface area (Å²) in [4.78, 5) is 4.33.